The Morgan fingerprint density at radius 1 is 1.29 bits per heavy atom. The molecule has 0 saturated carbocycles. The molecule has 1 aromatic rings. The maximum Gasteiger partial charge on any atom is 0.223 e. The summed E-state index contributed by atoms with van der Waals surface area (Å²) in [7, 11) is 3.12. The number of hydrogen-bond donors (Lipinski definition) is 1. The fraction of sp³-hybridized carbons (Fsp3) is 0.533. The SMILES string of the molecule is COc1cc(CCC(=O)N2CCOCC2)cc(N)c1OC. The Labute approximate surface area is 124 Å². The minimum absolute atomic E-state index is 0.145. The Morgan fingerprint density at radius 2 is 2.00 bits per heavy atom. The summed E-state index contributed by atoms with van der Waals surface area (Å²) in [6.45, 7) is 2.59. The molecule has 1 fully saturated rings. The molecule has 6 heteroatoms. The van der Waals surface area contributed by atoms with Gasteiger partial charge in [0.1, 0.15) is 0 Å². The van der Waals surface area contributed by atoms with Crippen LogP contribution in [0.1, 0.15) is 12.0 Å². The van der Waals surface area contributed by atoms with Crippen molar-refractivity contribution in [3.8, 4) is 11.5 Å². The van der Waals surface area contributed by atoms with Gasteiger partial charge in [-0.25, -0.2) is 0 Å². The molecule has 0 spiro atoms. The maximum atomic E-state index is 12.1. The highest BCUT2D eigenvalue weighted by atomic mass is 16.5. The quantitative estimate of drug-likeness (QED) is 0.823. The van der Waals surface area contributed by atoms with Crippen LogP contribution in [0.3, 0.4) is 0 Å². The third-order valence-electron chi connectivity index (χ3n) is 3.56. The van der Waals surface area contributed by atoms with Crippen molar-refractivity contribution < 1.29 is 19.0 Å². The van der Waals surface area contributed by atoms with Gasteiger partial charge in [0.15, 0.2) is 11.5 Å². The van der Waals surface area contributed by atoms with E-state index in [0.29, 0.717) is 56.3 Å². The fourth-order valence-electron chi connectivity index (χ4n) is 2.42. The van der Waals surface area contributed by atoms with E-state index in [-0.39, 0.29) is 5.91 Å². The van der Waals surface area contributed by atoms with Crippen molar-refractivity contribution in [3.05, 3.63) is 17.7 Å². The number of rotatable bonds is 5. The predicted molar refractivity (Wildman–Crippen MR) is 79.7 cm³/mol. The van der Waals surface area contributed by atoms with Crippen LogP contribution in [0, 0.1) is 0 Å². The van der Waals surface area contributed by atoms with E-state index in [4.69, 9.17) is 19.9 Å². The fourth-order valence-corrected chi connectivity index (χ4v) is 2.42. The van der Waals surface area contributed by atoms with Gasteiger partial charge in [-0.15, -0.1) is 0 Å². The van der Waals surface area contributed by atoms with Crippen LogP contribution in [-0.2, 0) is 16.0 Å². The first-order chi connectivity index (χ1) is 10.2. The Kier molecular flexibility index (Phi) is 5.27. The van der Waals surface area contributed by atoms with Gasteiger partial charge in [0.05, 0.1) is 33.1 Å². The van der Waals surface area contributed by atoms with Crippen LogP contribution < -0.4 is 15.2 Å². The molecule has 1 aromatic carbocycles. The van der Waals surface area contributed by atoms with Crippen molar-refractivity contribution in [2.45, 2.75) is 12.8 Å². The topological polar surface area (TPSA) is 74.0 Å². The van der Waals surface area contributed by atoms with Crippen LogP contribution in [0.25, 0.3) is 0 Å². The van der Waals surface area contributed by atoms with Crippen molar-refractivity contribution in [2.24, 2.45) is 0 Å². The van der Waals surface area contributed by atoms with Crippen LogP contribution in [0.4, 0.5) is 5.69 Å². The molecule has 1 heterocycles. The molecule has 0 bridgehead atoms. The largest absolute Gasteiger partial charge is 0.493 e. The van der Waals surface area contributed by atoms with Gasteiger partial charge in [-0.05, 0) is 24.1 Å². The Morgan fingerprint density at radius 3 is 2.62 bits per heavy atom. The number of nitrogens with two attached hydrogens (primary N) is 1. The third-order valence-corrected chi connectivity index (χ3v) is 3.56. The molecule has 1 aliphatic rings. The highest BCUT2D eigenvalue weighted by molar-refractivity contribution is 5.76. The first-order valence-corrected chi connectivity index (χ1v) is 7.01. The van der Waals surface area contributed by atoms with Crippen LogP contribution >= 0.6 is 0 Å². The molecule has 6 nitrogen and oxygen atoms in total. The molecule has 116 valence electrons. The molecular formula is C15H22N2O4. The zero-order valence-corrected chi connectivity index (χ0v) is 12.6. The van der Waals surface area contributed by atoms with Crippen molar-refractivity contribution in [1.29, 1.82) is 0 Å². The van der Waals surface area contributed by atoms with Gasteiger partial charge in [0, 0.05) is 19.5 Å². The number of methoxy groups -OCH3 is 2. The molecule has 1 saturated heterocycles. The zero-order chi connectivity index (χ0) is 15.2. The van der Waals surface area contributed by atoms with Gasteiger partial charge in [-0.2, -0.15) is 0 Å². The Hall–Kier alpha value is -1.95. The number of nitrogens with zero attached hydrogens (tertiary/aromatic N) is 1. The monoisotopic (exact) mass is 294 g/mol. The number of benzene rings is 1. The van der Waals surface area contributed by atoms with Crippen molar-refractivity contribution in [1.82, 2.24) is 4.90 Å². The lowest BCUT2D eigenvalue weighted by Crippen LogP contribution is -2.40. The van der Waals surface area contributed by atoms with Gasteiger partial charge in [-0.3, -0.25) is 4.79 Å². The standard InChI is InChI=1S/C15H22N2O4/c1-19-13-10-11(9-12(16)15(13)20-2)3-4-14(18)17-5-7-21-8-6-17/h9-10H,3-8,16H2,1-2H3. The summed E-state index contributed by atoms with van der Waals surface area (Å²) in [5.41, 5.74) is 7.42. The normalized spacial score (nSPS) is 14.9. The number of hydrogen-bond acceptors (Lipinski definition) is 5. The van der Waals surface area contributed by atoms with Gasteiger partial charge in [0.25, 0.3) is 0 Å². The summed E-state index contributed by atoms with van der Waals surface area (Å²) in [5, 5.41) is 0. The van der Waals surface area contributed by atoms with Crippen molar-refractivity contribution >= 4 is 11.6 Å². The van der Waals surface area contributed by atoms with Gasteiger partial charge in [-0.1, -0.05) is 0 Å². The third kappa shape index (κ3) is 3.78. The van der Waals surface area contributed by atoms with Crippen LogP contribution in [-0.4, -0.2) is 51.3 Å². The van der Waals surface area contributed by atoms with Crippen molar-refractivity contribution in [2.75, 3.05) is 46.3 Å². The summed E-state index contributed by atoms with van der Waals surface area (Å²) in [5.74, 6) is 1.26. The number of ether oxygens (including phenoxy) is 3. The summed E-state index contributed by atoms with van der Waals surface area (Å²) in [4.78, 5) is 14.0. The second-order valence-corrected chi connectivity index (χ2v) is 4.91. The maximum absolute atomic E-state index is 12.1. The minimum Gasteiger partial charge on any atom is -0.493 e. The first kappa shape index (κ1) is 15.4. The summed E-state index contributed by atoms with van der Waals surface area (Å²) in [6.07, 6.45) is 1.08. The molecule has 0 atom stereocenters. The molecule has 21 heavy (non-hydrogen) atoms. The van der Waals surface area contributed by atoms with E-state index in [1.807, 2.05) is 17.0 Å². The number of aryl methyl sites for hydroxylation is 1. The van der Waals surface area contributed by atoms with E-state index in [2.05, 4.69) is 0 Å². The number of nitrogen functional groups attached to an aromatic ring is 1. The van der Waals surface area contributed by atoms with E-state index < -0.39 is 0 Å². The molecule has 2 N–H and O–H groups in total. The molecule has 0 unspecified atom stereocenters. The molecule has 0 aliphatic carbocycles. The smallest absolute Gasteiger partial charge is 0.223 e. The summed E-state index contributed by atoms with van der Waals surface area (Å²) < 4.78 is 15.7. The van der Waals surface area contributed by atoms with Crippen LogP contribution in [0.15, 0.2) is 12.1 Å². The van der Waals surface area contributed by atoms with E-state index in [0.717, 1.165) is 5.56 Å². The molecule has 1 aliphatic heterocycles. The number of morpholine rings is 1. The average Bonchev–Trinajstić information content (AvgIpc) is 2.52. The zero-order valence-electron chi connectivity index (χ0n) is 12.6. The van der Waals surface area contributed by atoms with Gasteiger partial charge in [0.2, 0.25) is 5.91 Å². The molecular weight excluding hydrogens is 272 g/mol. The predicted octanol–water partition coefficient (Wildman–Crippen LogP) is 1.08. The van der Waals surface area contributed by atoms with Crippen molar-refractivity contribution in [3.63, 3.8) is 0 Å². The lowest BCUT2D eigenvalue weighted by Gasteiger charge is -2.26. The second kappa shape index (κ2) is 7.17. The van der Waals surface area contributed by atoms with Crippen LogP contribution in [0.5, 0.6) is 11.5 Å². The van der Waals surface area contributed by atoms with Gasteiger partial charge >= 0.3 is 0 Å². The Balaban J connectivity index is 1.99. The molecule has 1 amide bonds. The van der Waals surface area contributed by atoms with E-state index >= 15 is 0 Å². The van der Waals surface area contributed by atoms with E-state index in [1.165, 1.54) is 0 Å². The van der Waals surface area contributed by atoms with Gasteiger partial charge < -0.3 is 24.8 Å². The first-order valence-electron chi connectivity index (χ1n) is 7.01. The lowest BCUT2D eigenvalue weighted by molar-refractivity contribution is -0.135. The van der Waals surface area contributed by atoms with Crippen LogP contribution in [0.2, 0.25) is 0 Å². The highest BCUT2D eigenvalue weighted by Crippen LogP contribution is 2.34. The average molecular weight is 294 g/mol. The minimum atomic E-state index is 0.145. The number of carbonyl (C=O) groups excluding carboxylic acids is 1. The molecule has 0 radical (unpaired) electrons. The number of carbonyl (C=O) groups is 1. The number of amides is 1. The van der Waals surface area contributed by atoms with E-state index in [1.54, 1.807) is 14.2 Å². The van der Waals surface area contributed by atoms with E-state index in [9.17, 15) is 4.79 Å². The second-order valence-electron chi connectivity index (χ2n) is 4.91. The molecule has 0 aromatic heterocycles. The Bertz CT molecular complexity index is 499. The summed E-state index contributed by atoms with van der Waals surface area (Å²) >= 11 is 0. The highest BCUT2D eigenvalue weighted by Gasteiger charge is 2.17. The number of anilines is 1. The summed E-state index contributed by atoms with van der Waals surface area (Å²) in [6, 6.07) is 3.69. The lowest BCUT2D eigenvalue weighted by atomic mass is 10.1. The molecule has 2 rings (SSSR count).